The molecule has 3 heteroatoms. The van der Waals surface area contributed by atoms with Crippen molar-refractivity contribution in [3.8, 4) is 0 Å². The molecule has 0 fully saturated rings. The monoisotopic (exact) mass is 169 g/mol. The molecule has 0 unspecified atom stereocenters. The Hall–Kier alpha value is 1.15. The van der Waals surface area contributed by atoms with Gasteiger partial charge in [-0.3, -0.25) is 0 Å². The number of nitrogens with zero attached hydrogens (tertiary/aromatic N) is 1. The summed E-state index contributed by atoms with van der Waals surface area (Å²) in [6, 6.07) is 0. The number of hydrogen-bond donors (Lipinski definition) is 0. The minimum atomic E-state index is -0.127. The van der Waals surface area contributed by atoms with Crippen LogP contribution in [0.15, 0.2) is 4.99 Å². The molecule has 2 nitrogen and oxygen atoms in total. The fourth-order valence-corrected chi connectivity index (χ4v) is 0.157. The molecule has 0 aromatic rings. The van der Waals surface area contributed by atoms with E-state index >= 15 is 0 Å². The van der Waals surface area contributed by atoms with Crippen molar-refractivity contribution in [3.05, 3.63) is 0 Å². The Labute approximate surface area is 92.2 Å². The number of Topliss-reactive ketones (excluding diaryl/α,β-unsaturated/α-hetero) is 1. The van der Waals surface area contributed by atoms with Crippen LogP contribution in [0.1, 0.15) is 6.92 Å². The van der Waals surface area contributed by atoms with E-state index in [0.29, 0.717) is 0 Å². The first-order chi connectivity index (χ1) is 2.77. The second kappa shape index (κ2) is 7.15. The summed E-state index contributed by atoms with van der Waals surface area (Å²) in [5, 5.41) is 0. The quantitative estimate of drug-likeness (QED) is 0.307. The van der Waals surface area contributed by atoms with Gasteiger partial charge in [0, 0.05) is 0 Å². The van der Waals surface area contributed by atoms with E-state index in [1.807, 2.05) is 0 Å². The standard InChI is InChI=1S/C4H6NO.Rb/c1-4(6)3-5-2;/h1-2H3;/q-1;+1. The summed E-state index contributed by atoms with van der Waals surface area (Å²) < 4.78 is 0. The zero-order valence-electron chi connectivity index (χ0n) is 4.86. The Morgan fingerprint density at radius 2 is 2.14 bits per heavy atom. The molecular formula is C4H6NORb. The van der Waals surface area contributed by atoms with Crippen molar-refractivity contribution >= 4 is 12.0 Å². The van der Waals surface area contributed by atoms with Crippen LogP contribution in [0, 0.1) is 0 Å². The number of aliphatic imine (C=N–C) groups is 1. The van der Waals surface area contributed by atoms with Crippen molar-refractivity contribution < 1.29 is 63.0 Å². The van der Waals surface area contributed by atoms with E-state index in [1.165, 1.54) is 14.0 Å². The molecule has 0 saturated carbocycles. The third-order valence-corrected chi connectivity index (χ3v) is 0.269. The molecule has 0 radical (unpaired) electrons. The Morgan fingerprint density at radius 1 is 1.71 bits per heavy atom. The van der Waals surface area contributed by atoms with Crippen molar-refractivity contribution in [1.29, 1.82) is 0 Å². The molecule has 34 valence electrons. The van der Waals surface area contributed by atoms with E-state index in [2.05, 4.69) is 11.2 Å². The van der Waals surface area contributed by atoms with E-state index in [0.717, 1.165) is 0 Å². The van der Waals surface area contributed by atoms with Crippen LogP contribution in [0.25, 0.3) is 0 Å². The average molecular weight is 170 g/mol. The van der Waals surface area contributed by atoms with Crippen LogP contribution in [-0.2, 0) is 4.79 Å². The molecule has 0 spiro atoms. The second-order valence-corrected chi connectivity index (χ2v) is 0.892. The first kappa shape index (κ1) is 11.0. The molecule has 0 N–H and O–H groups in total. The van der Waals surface area contributed by atoms with E-state index in [9.17, 15) is 4.79 Å². The summed E-state index contributed by atoms with van der Waals surface area (Å²) in [4.78, 5) is 13.2. The van der Waals surface area contributed by atoms with E-state index in [4.69, 9.17) is 0 Å². The Balaban J connectivity index is 0. The molecule has 0 atom stereocenters. The minimum absolute atomic E-state index is 0. The van der Waals surface area contributed by atoms with Crippen LogP contribution in [0.2, 0.25) is 0 Å². The maximum atomic E-state index is 9.84. The largest absolute Gasteiger partial charge is 1.00 e. The number of hydrogen-bond acceptors (Lipinski definition) is 2. The summed E-state index contributed by atoms with van der Waals surface area (Å²) in [5.41, 5.74) is 0. The average Bonchev–Trinajstić information content (AvgIpc) is 1.35. The molecule has 0 aromatic heterocycles. The molecule has 0 rings (SSSR count). The van der Waals surface area contributed by atoms with Crippen LogP contribution in [0.4, 0.5) is 0 Å². The molecule has 0 saturated heterocycles. The van der Waals surface area contributed by atoms with Gasteiger partial charge in [-0.2, -0.15) is 0 Å². The number of carbonyl (C=O) groups is 1. The van der Waals surface area contributed by atoms with Gasteiger partial charge in [0.2, 0.25) is 0 Å². The van der Waals surface area contributed by atoms with Gasteiger partial charge < -0.3 is 16.0 Å². The molecule has 0 aromatic carbocycles. The summed E-state index contributed by atoms with van der Waals surface area (Å²) >= 11 is 0. The predicted molar refractivity (Wildman–Crippen MR) is 24.0 cm³/mol. The zero-order valence-corrected chi connectivity index (χ0v) is 9.77. The molecule has 0 aliphatic rings. The molecule has 0 aliphatic heterocycles. The van der Waals surface area contributed by atoms with E-state index in [-0.39, 0.29) is 64.0 Å². The van der Waals surface area contributed by atoms with Gasteiger partial charge in [-0.15, -0.1) is 0 Å². The Kier molecular flexibility index (Phi) is 11.2. The van der Waals surface area contributed by atoms with E-state index in [1.54, 1.807) is 0 Å². The summed E-state index contributed by atoms with van der Waals surface area (Å²) in [6.07, 6.45) is 2.19. The fourth-order valence-electron chi connectivity index (χ4n) is 0.157. The van der Waals surface area contributed by atoms with Crippen molar-refractivity contribution in [2.45, 2.75) is 6.92 Å². The van der Waals surface area contributed by atoms with Crippen LogP contribution >= 0.6 is 0 Å². The first-order valence-corrected chi connectivity index (χ1v) is 1.62. The van der Waals surface area contributed by atoms with Crippen LogP contribution < -0.4 is 58.2 Å². The number of ketones is 1. The fraction of sp³-hybridized carbons (Fsp3) is 0.500. The normalized spacial score (nSPS) is 8.29. The SMILES string of the molecule is CN=[C-]C(C)=O.[Rb+]. The maximum absolute atomic E-state index is 9.84. The zero-order chi connectivity index (χ0) is 4.99. The van der Waals surface area contributed by atoms with Crippen molar-refractivity contribution in [1.82, 2.24) is 0 Å². The molecule has 0 amide bonds. The second-order valence-electron chi connectivity index (χ2n) is 0.892. The Bertz CT molecular complexity index is 79.8. The molecule has 0 heterocycles. The van der Waals surface area contributed by atoms with Gasteiger partial charge in [0.1, 0.15) is 0 Å². The number of rotatable bonds is 1. The van der Waals surface area contributed by atoms with E-state index < -0.39 is 0 Å². The number of carbonyl (C=O) groups excluding carboxylic acids is 1. The van der Waals surface area contributed by atoms with Crippen LogP contribution in [0.3, 0.4) is 0 Å². The minimum Gasteiger partial charge on any atom is -0.499 e. The molecule has 7 heavy (non-hydrogen) atoms. The van der Waals surface area contributed by atoms with Gasteiger partial charge in [0.15, 0.2) is 0 Å². The van der Waals surface area contributed by atoms with Crippen LogP contribution in [-0.4, -0.2) is 19.0 Å². The van der Waals surface area contributed by atoms with Gasteiger partial charge in [0.25, 0.3) is 0 Å². The van der Waals surface area contributed by atoms with Crippen molar-refractivity contribution in [3.63, 3.8) is 0 Å². The van der Waals surface area contributed by atoms with Gasteiger partial charge in [-0.25, -0.2) is 0 Å². The van der Waals surface area contributed by atoms with Crippen LogP contribution in [0.5, 0.6) is 0 Å². The van der Waals surface area contributed by atoms with Gasteiger partial charge >= 0.3 is 58.2 Å². The summed E-state index contributed by atoms with van der Waals surface area (Å²) in [6.45, 7) is 1.41. The van der Waals surface area contributed by atoms with Crippen molar-refractivity contribution in [2.24, 2.45) is 4.99 Å². The third kappa shape index (κ3) is 11.0. The Morgan fingerprint density at radius 3 is 2.14 bits per heavy atom. The van der Waals surface area contributed by atoms with Gasteiger partial charge in [-0.1, -0.05) is 0 Å². The van der Waals surface area contributed by atoms with Gasteiger partial charge in [-0.05, 0) is 19.8 Å². The topological polar surface area (TPSA) is 29.4 Å². The molecule has 0 bridgehead atoms. The molecular weight excluding hydrogens is 164 g/mol. The maximum Gasteiger partial charge on any atom is 1.00 e. The summed E-state index contributed by atoms with van der Waals surface area (Å²) in [7, 11) is 1.52. The molecule has 0 aliphatic carbocycles. The van der Waals surface area contributed by atoms with Gasteiger partial charge in [0.05, 0.1) is 0 Å². The third-order valence-electron chi connectivity index (χ3n) is 0.269. The van der Waals surface area contributed by atoms with Crippen molar-refractivity contribution in [2.75, 3.05) is 7.05 Å². The first-order valence-electron chi connectivity index (χ1n) is 1.62. The smallest absolute Gasteiger partial charge is 0.499 e. The predicted octanol–water partition coefficient (Wildman–Crippen LogP) is -2.84. The summed E-state index contributed by atoms with van der Waals surface area (Å²) in [5.74, 6) is -0.127.